The zero-order chi connectivity index (χ0) is 15.7. The number of nitrogens with one attached hydrogen (secondary N) is 2. The maximum atomic E-state index is 12.0. The molecule has 1 aromatic carbocycles. The highest BCUT2D eigenvalue weighted by Crippen LogP contribution is 2.22. The molecule has 1 aromatic rings. The number of aromatic hydroxyl groups is 1. The molecule has 0 spiro atoms. The van der Waals surface area contributed by atoms with Crippen LogP contribution in [0.1, 0.15) is 46.4 Å². The number of rotatable bonds is 8. The third-order valence-corrected chi connectivity index (χ3v) is 3.12. The highest BCUT2D eigenvalue weighted by molar-refractivity contribution is 6.03. The first kappa shape index (κ1) is 17.0. The number of amides is 2. The Balaban J connectivity index is 2.56. The Morgan fingerprint density at radius 2 is 1.67 bits per heavy atom. The number of carbonyl (C=O) groups is 2. The molecule has 21 heavy (non-hydrogen) atoms. The molecule has 6 heteroatoms. The van der Waals surface area contributed by atoms with Crippen LogP contribution in [0, 0.1) is 0 Å². The van der Waals surface area contributed by atoms with Gasteiger partial charge in [0.15, 0.2) is 0 Å². The minimum atomic E-state index is -0.439. The van der Waals surface area contributed by atoms with Gasteiger partial charge in [0, 0.05) is 20.2 Å². The zero-order valence-electron chi connectivity index (χ0n) is 12.2. The summed E-state index contributed by atoms with van der Waals surface area (Å²) in [4.78, 5) is 23.5. The largest absolute Gasteiger partial charge is 0.506 e. The summed E-state index contributed by atoms with van der Waals surface area (Å²) >= 11 is 0. The molecule has 0 fully saturated rings. The van der Waals surface area contributed by atoms with Crippen LogP contribution in [-0.2, 0) is 0 Å². The van der Waals surface area contributed by atoms with Gasteiger partial charge in [0.25, 0.3) is 11.8 Å². The van der Waals surface area contributed by atoms with Crippen molar-refractivity contribution in [1.82, 2.24) is 10.6 Å². The molecule has 0 heterocycles. The molecule has 0 saturated heterocycles. The van der Waals surface area contributed by atoms with Crippen molar-refractivity contribution in [3.8, 4) is 5.75 Å². The van der Waals surface area contributed by atoms with Crippen LogP contribution in [0.25, 0.3) is 0 Å². The lowest BCUT2D eigenvalue weighted by molar-refractivity contribution is 0.0949. The van der Waals surface area contributed by atoms with Crippen LogP contribution in [0.5, 0.6) is 5.75 Å². The third kappa shape index (κ3) is 5.07. The topological polar surface area (TPSA) is 98.7 Å². The summed E-state index contributed by atoms with van der Waals surface area (Å²) in [5, 5.41) is 23.8. The SMILES string of the molecule is CNC(=O)c1cccc(C(=O)NCCCCCCO)c1O. The molecule has 4 N–H and O–H groups in total. The predicted octanol–water partition coefficient (Wildman–Crippen LogP) is 1.03. The fourth-order valence-corrected chi connectivity index (χ4v) is 1.93. The fraction of sp³-hybridized carbons (Fsp3) is 0.467. The smallest absolute Gasteiger partial charge is 0.255 e. The van der Waals surface area contributed by atoms with E-state index in [1.807, 2.05) is 0 Å². The molecule has 116 valence electrons. The lowest BCUT2D eigenvalue weighted by Gasteiger charge is -2.09. The van der Waals surface area contributed by atoms with Crippen LogP contribution in [0.15, 0.2) is 18.2 Å². The Hall–Kier alpha value is -2.08. The molecule has 1 rings (SSSR count). The van der Waals surface area contributed by atoms with E-state index in [0.717, 1.165) is 25.7 Å². The van der Waals surface area contributed by atoms with Gasteiger partial charge in [-0.05, 0) is 25.0 Å². The van der Waals surface area contributed by atoms with Crippen LogP contribution in [0.3, 0.4) is 0 Å². The molecule has 2 amide bonds. The van der Waals surface area contributed by atoms with E-state index in [0.29, 0.717) is 6.54 Å². The number of carbonyl (C=O) groups excluding carboxylic acids is 2. The van der Waals surface area contributed by atoms with Crippen molar-refractivity contribution in [1.29, 1.82) is 0 Å². The van der Waals surface area contributed by atoms with Crippen LogP contribution >= 0.6 is 0 Å². The summed E-state index contributed by atoms with van der Waals surface area (Å²) in [5.41, 5.74) is 0.166. The highest BCUT2D eigenvalue weighted by atomic mass is 16.3. The normalized spacial score (nSPS) is 10.2. The molecule has 0 aliphatic rings. The molecule has 0 radical (unpaired) electrons. The van der Waals surface area contributed by atoms with Crippen molar-refractivity contribution in [2.45, 2.75) is 25.7 Å². The molecule has 0 bridgehead atoms. The van der Waals surface area contributed by atoms with Gasteiger partial charge in [-0.2, -0.15) is 0 Å². The van der Waals surface area contributed by atoms with Gasteiger partial charge in [0.1, 0.15) is 5.75 Å². The van der Waals surface area contributed by atoms with Gasteiger partial charge < -0.3 is 20.8 Å². The average molecular weight is 294 g/mol. The van der Waals surface area contributed by atoms with Gasteiger partial charge in [-0.3, -0.25) is 9.59 Å². The molecule has 0 aliphatic heterocycles. The van der Waals surface area contributed by atoms with Gasteiger partial charge in [0.05, 0.1) is 11.1 Å². The Bertz CT molecular complexity index is 489. The Labute approximate surface area is 124 Å². The lowest BCUT2D eigenvalue weighted by atomic mass is 10.1. The van der Waals surface area contributed by atoms with Gasteiger partial charge in [0.2, 0.25) is 0 Å². The number of para-hydroxylation sites is 1. The van der Waals surface area contributed by atoms with Crippen molar-refractivity contribution in [2.24, 2.45) is 0 Å². The molecule has 0 atom stereocenters. The first-order chi connectivity index (χ1) is 10.1. The number of phenolic OH excluding ortho intramolecular Hbond substituents is 1. The van der Waals surface area contributed by atoms with Crippen molar-refractivity contribution >= 4 is 11.8 Å². The van der Waals surface area contributed by atoms with Crippen molar-refractivity contribution in [2.75, 3.05) is 20.2 Å². The van der Waals surface area contributed by atoms with Crippen LogP contribution in [0.2, 0.25) is 0 Å². The second kappa shape index (κ2) is 8.97. The zero-order valence-corrected chi connectivity index (χ0v) is 12.2. The highest BCUT2D eigenvalue weighted by Gasteiger charge is 2.17. The third-order valence-electron chi connectivity index (χ3n) is 3.12. The van der Waals surface area contributed by atoms with Crippen molar-refractivity contribution in [3.63, 3.8) is 0 Å². The maximum Gasteiger partial charge on any atom is 0.255 e. The van der Waals surface area contributed by atoms with Crippen LogP contribution in [-0.4, -0.2) is 42.2 Å². The summed E-state index contributed by atoms with van der Waals surface area (Å²) in [6.45, 7) is 0.681. The first-order valence-corrected chi connectivity index (χ1v) is 7.05. The lowest BCUT2D eigenvalue weighted by Crippen LogP contribution is -2.25. The molecule has 0 aromatic heterocycles. The van der Waals surface area contributed by atoms with Crippen LogP contribution in [0.4, 0.5) is 0 Å². The number of aliphatic hydroxyl groups excluding tert-OH is 1. The number of unbranched alkanes of at least 4 members (excludes halogenated alkanes) is 3. The summed E-state index contributed by atoms with van der Waals surface area (Å²) in [7, 11) is 1.46. The summed E-state index contributed by atoms with van der Waals surface area (Å²) < 4.78 is 0. The van der Waals surface area contributed by atoms with Gasteiger partial charge in [-0.25, -0.2) is 0 Å². The minimum absolute atomic E-state index is 0.0769. The summed E-state index contributed by atoms with van der Waals surface area (Å²) in [5.74, 6) is -1.15. The standard InChI is InChI=1S/C15H22N2O4/c1-16-14(20)11-7-6-8-12(13(11)19)15(21)17-9-4-2-3-5-10-18/h6-8,18-19H,2-5,9-10H2,1H3,(H,16,20)(H,17,21). The number of phenols is 1. The number of hydrogen-bond donors (Lipinski definition) is 4. The molecule has 0 unspecified atom stereocenters. The first-order valence-electron chi connectivity index (χ1n) is 7.05. The van der Waals surface area contributed by atoms with Crippen molar-refractivity contribution < 1.29 is 19.8 Å². The summed E-state index contributed by atoms with van der Waals surface area (Å²) in [6.07, 6.45) is 3.42. The number of aliphatic hydroxyl groups is 1. The van der Waals surface area contributed by atoms with E-state index in [9.17, 15) is 14.7 Å². The minimum Gasteiger partial charge on any atom is -0.506 e. The number of benzene rings is 1. The van der Waals surface area contributed by atoms with Crippen LogP contribution < -0.4 is 10.6 Å². The quantitative estimate of drug-likeness (QED) is 0.538. The molecule has 0 saturated carbocycles. The Kier molecular flexibility index (Phi) is 7.25. The van der Waals surface area contributed by atoms with E-state index >= 15 is 0 Å². The van der Waals surface area contributed by atoms with Crippen molar-refractivity contribution in [3.05, 3.63) is 29.3 Å². The second-order valence-corrected chi connectivity index (χ2v) is 4.67. The van der Waals surface area contributed by atoms with E-state index < -0.39 is 11.8 Å². The average Bonchev–Trinajstić information content (AvgIpc) is 2.50. The Morgan fingerprint density at radius 1 is 1.05 bits per heavy atom. The fourth-order valence-electron chi connectivity index (χ4n) is 1.93. The van der Waals surface area contributed by atoms with E-state index in [2.05, 4.69) is 10.6 Å². The maximum absolute atomic E-state index is 12.0. The Morgan fingerprint density at radius 3 is 2.29 bits per heavy atom. The van der Waals surface area contributed by atoms with E-state index in [4.69, 9.17) is 5.11 Å². The monoisotopic (exact) mass is 294 g/mol. The van der Waals surface area contributed by atoms with Gasteiger partial charge >= 0.3 is 0 Å². The molecule has 0 aliphatic carbocycles. The predicted molar refractivity (Wildman–Crippen MR) is 79.4 cm³/mol. The summed E-state index contributed by atoms with van der Waals surface area (Å²) in [6, 6.07) is 4.49. The number of hydrogen-bond acceptors (Lipinski definition) is 4. The van der Waals surface area contributed by atoms with E-state index in [1.54, 1.807) is 6.07 Å². The van der Waals surface area contributed by atoms with Gasteiger partial charge in [-0.15, -0.1) is 0 Å². The van der Waals surface area contributed by atoms with E-state index in [-0.39, 0.29) is 23.5 Å². The van der Waals surface area contributed by atoms with E-state index in [1.165, 1.54) is 19.2 Å². The molecular weight excluding hydrogens is 272 g/mol. The van der Waals surface area contributed by atoms with Gasteiger partial charge in [-0.1, -0.05) is 18.9 Å². The molecular formula is C15H22N2O4. The second-order valence-electron chi connectivity index (χ2n) is 4.67. The molecule has 6 nitrogen and oxygen atoms in total.